The van der Waals surface area contributed by atoms with Crippen LogP contribution in [0.3, 0.4) is 0 Å². The SMILES string of the molecule is Cc1cccc(NC(=S)N(CCCN2CCOCC2)Cc2cc3ccc(C)c(C)c3[nH]c2=O)c1. The number of hydrogen-bond donors (Lipinski definition) is 2. The highest BCUT2D eigenvalue weighted by Gasteiger charge is 2.16. The van der Waals surface area contributed by atoms with Gasteiger partial charge in [-0.2, -0.15) is 0 Å². The molecule has 2 aromatic carbocycles. The largest absolute Gasteiger partial charge is 0.379 e. The monoisotopic (exact) mass is 478 g/mol. The summed E-state index contributed by atoms with van der Waals surface area (Å²) in [5.74, 6) is 0. The number of anilines is 1. The second-order valence-corrected chi connectivity index (χ2v) is 9.51. The van der Waals surface area contributed by atoms with Gasteiger partial charge in [-0.25, -0.2) is 0 Å². The number of fused-ring (bicyclic) bond motifs is 1. The average Bonchev–Trinajstić information content (AvgIpc) is 2.82. The van der Waals surface area contributed by atoms with Gasteiger partial charge in [-0.1, -0.05) is 24.3 Å². The van der Waals surface area contributed by atoms with E-state index in [4.69, 9.17) is 17.0 Å². The summed E-state index contributed by atoms with van der Waals surface area (Å²) in [5.41, 5.74) is 5.98. The number of aryl methyl sites for hydroxylation is 3. The first-order valence-electron chi connectivity index (χ1n) is 12.0. The first-order valence-corrected chi connectivity index (χ1v) is 12.4. The van der Waals surface area contributed by atoms with Gasteiger partial charge in [0.05, 0.1) is 25.3 Å². The van der Waals surface area contributed by atoms with Gasteiger partial charge in [0.2, 0.25) is 0 Å². The number of rotatable bonds is 7. The lowest BCUT2D eigenvalue weighted by molar-refractivity contribution is 0.0367. The Balaban J connectivity index is 1.53. The van der Waals surface area contributed by atoms with Crippen molar-refractivity contribution in [1.82, 2.24) is 14.8 Å². The highest BCUT2D eigenvalue weighted by Crippen LogP contribution is 2.20. The molecule has 2 N–H and O–H groups in total. The number of hydrogen-bond acceptors (Lipinski definition) is 4. The third-order valence-corrected chi connectivity index (χ3v) is 6.91. The Bertz CT molecular complexity index is 1220. The van der Waals surface area contributed by atoms with Gasteiger partial charge < -0.3 is 19.9 Å². The minimum Gasteiger partial charge on any atom is -0.379 e. The quantitative estimate of drug-likeness (QED) is 0.492. The summed E-state index contributed by atoms with van der Waals surface area (Å²) in [6.07, 6.45) is 0.958. The lowest BCUT2D eigenvalue weighted by atomic mass is 10.0. The maximum absolute atomic E-state index is 13.0. The molecule has 3 aromatic rings. The van der Waals surface area contributed by atoms with Crippen LogP contribution in [0.1, 0.15) is 28.7 Å². The lowest BCUT2D eigenvalue weighted by Crippen LogP contribution is -2.40. The molecular formula is C27H34N4O2S. The van der Waals surface area contributed by atoms with Gasteiger partial charge in [0, 0.05) is 37.4 Å². The molecule has 0 atom stereocenters. The van der Waals surface area contributed by atoms with Gasteiger partial charge in [0.25, 0.3) is 5.56 Å². The van der Waals surface area contributed by atoms with Crippen molar-refractivity contribution in [3.05, 3.63) is 75.1 Å². The Morgan fingerprint density at radius 1 is 1.15 bits per heavy atom. The minimum absolute atomic E-state index is 0.0577. The zero-order chi connectivity index (χ0) is 24.1. The van der Waals surface area contributed by atoms with Gasteiger partial charge in [-0.05, 0) is 79.7 Å². The Morgan fingerprint density at radius 2 is 1.94 bits per heavy atom. The Morgan fingerprint density at radius 3 is 2.71 bits per heavy atom. The summed E-state index contributed by atoms with van der Waals surface area (Å²) in [6, 6.07) is 14.3. The number of morpholine rings is 1. The summed E-state index contributed by atoms with van der Waals surface area (Å²) < 4.78 is 5.46. The number of nitrogens with zero attached hydrogens (tertiary/aromatic N) is 2. The average molecular weight is 479 g/mol. The zero-order valence-electron chi connectivity index (χ0n) is 20.3. The van der Waals surface area contributed by atoms with E-state index in [0.717, 1.165) is 73.5 Å². The number of aromatic nitrogens is 1. The number of pyridine rings is 1. The molecule has 1 aromatic heterocycles. The zero-order valence-corrected chi connectivity index (χ0v) is 21.1. The second-order valence-electron chi connectivity index (χ2n) is 9.12. The van der Waals surface area contributed by atoms with Crippen molar-refractivity contribution in [3.8, 4) is 0 Å². The molecule has 1 saturated heterocycles. The van der Waals surface area contributed by atoms with E-state index < -0.39 is 0 Å². The van der Waals surface area contributed by atoms with Crippen LogP contribution in [0, 0.1) is 20.8 Å². The minimum atomic E-state index is -0.0577. The van der Waals surface area contributed by atoms with E-state index in [0.29, 0.717) is 11.7 Å². The number of nitrogens with one attached hydrogen (secondary N) is 2. The first-order chi connectivity index (χ1) is 16.4. The molecule has 7 heteroatoms. The van der Waals surface area contributed by atoms with Crippen molar-refractivity contribution in [2.75, 3.05) is 44.7 Å². The smallest absolute Gasteiger partial charge is 0.253 e. The normalized spacial score (nSPS) is 14.3. The van der Waals surface area contributed by atoms with Crippen LogP contribution in [0.25, 0.3) is 10.9 Å². The Labute approximate surface area is 206 Å². The van der Waals surface area contributed by atoms with E-state index in [-0.39, 0.29) is 5.56 Å². The summed E-state index contributed by atoms with van der Waals surface area (Å²) in [6.45, 7) is 11.9. The molecule has 0 bridgehead atoms. The van der Waals surface area contributed by atoms with Crippen LogP contribution in [0.2, 0.25) is 0 Å². The maximum atomic E-state index is 13.0. The molecule has 1 fully saturated rings. The highest BCUT2D eigenvalue weighted by atomic mass is 32.1. The molecule has 0 unspecified atom stereocenters. The van der Waals surface area contributed by atoms with Crippen molar-refractivity contribution in [1.29, 1.82) is 0 Å². The summed E-state index contributed by atoms with van der Waals surface area (Å²) >= 11 is 5.82. The standard InChI is InChI=1S/C27H34N4O2S/c1-19-6-4-7-24(16-19)28-27(34)31(11-5-10-30-12-14-33-15-13-30)18-23-17-22-9-8-20(2)21(3)25(22)29-26(23)32/h4,6-9,16-17H,5,10-15,18H2,1-3H3,(H,28,34)(H,29,32). The molecule has 0 aliphatic carbocycles. The summed E-state index contributed by atoms with van der Waals surface area (Å²) in [5, 5.41) is 5.05. The van der Waals surface area contributed by atoms with E-state index in [1.54, 1.807) is 0 Å². The third-order valence-electron chi connectivity index (χ3n) is 6.55. The molecule has 4 rings (SSSR count). The lowest BCUT2D eigenvalue weighted by Gasteiger charge is -2.29. The van der Waals surface area contributed by atoms with Crippen LogP contribution in [0.5, 0.6) is 0 Å². The topological polar surface area (TPSA) is 60.6 Å². The molecule has 180 valence electrons. The molecule has 34 heavy (non-hydrogen) atoms. The van der Waals surface area contributed by atoms with Crippen LogP contribution in [-0.2, 0) is 11.3 Å². The summed E-state index contributed by atoms with van der Waals surface area (Å²) in [7, 11) is 0. The van der Waals surface area contributed by atoms with Crippen LogP contribution in [0.15, 0.2) is 47.3 Å². The molecular weight excluding hydrogens is 444 g/mol. The van der Waals surface area contributed by atoms with Crippen molar-refractivity contribution < 1.29 is 4.74 Å². The number of H-pyrrole nitrogens is 1. The van der Waals surface area contributed by atoms with Gasteiger partial charge in [0.15, 0.2) is 5.11 Å². The number of ether oxygens (including phenoxy) is 1. The molecule has 0 spiro atoms. The molecule has 6 nitrogen and oxygen atoms in total. The van der Waals surface area contributed by atoms with E-state index in [9.17, 15) is 4.79 Å². The van der Waals surface area contributed by atoms with Gasteiger partial charge in [-0.15, -0.1) is 0 Å². The van der Waals surface area contributed by atoms with Crippen molar-refractivity contribution in [2.45, 2.75) is 33.7 Å². The van der Waals surface area contributed by atoms with E-state index >= 15 is 0 Å². The van der Waals surface area contributed by atoms with Crippen LogP contribution in [0.4, 0.5) is 5.69 Å². The number of benzene rings is 2. The Hall–Kier alpha value is -2.74. The first kappa shape index (κ1) is 24.4. The summed E-state index contributed by atoms with van der Waals surface area (Å²) in [4.78, 5) is 20.6. The van der Waals surface area contributed by atoms with Crippen LogP contribution in [-0.4, -0.2) is 59.3 Å². The number of aromatic amines is 1. The number of thiocarbonyl (C=S) groups is 1. The predicted octanol–water partition coefficient (Wildman–Crippen LogP) is 4.37. The van der Waals surface area contributed by atoms with Crippen LogP contribution < -0.4 is 10.9 Å². The van der Waals surface area contributed by atoms with Gasteiger partial charge in [0.1, 0.15) is 0 Å². The molecule has 0 radical (unpaired) electrons. The third kappa shape index (κ3) is 6.03. The van der Waals surface area contributed by atoms with E-state index in [2.05, 4.69) is 58.2 Å². The van der Waals surface area contributed by atoms with Gasteiger partial charge in [-0.3, -0.25) is 9.69 Å². The fraction of sp³-hybridized carbons (Fsp3) is 0.407. The second kappa shape index (κ2) is 11.1. The molecule has 2 heterocycles. The van der Waals surface area contributed by atoms with Crippen molar-refractivity contribution >= 4 is 33.9 Å². The van der Waals surface area contributed by atoms with E-state index in [1.165, 1.54) is 11.1 Å². The molecule has 1 aliphatic rings. The predicted molar refractivity (Wildman–Crippen MR) is 144 cm³/mol. The van der Waals surface area contributed by atoms with Crippen molar-refractivity contribution in [2.24, 2.45) is 0 Å². The highest BCUT2D eigenvalue weighted by molar-refractivity contribution is 7.80. The van der Waals surface area contributed by atoms with E-state index in [1.807, 2.05) is 25.1 Å². The maximum Gasteiger partial charge on any atom is 0.253 e. The van der Waals surface area contributed by atoms with Gasteiger partial charge >= 0.3 is 0 Å². The Kier molecular flexibility index (Phi) is 7.98. The molecule has 1 aliphatic heterocycles. The molecule has 0 saturated carbocycles. The fourth-order valence-electron chi connectivity index (χ4n) is 4.38. The van der Waals surface area contributed by atoms with Crippen LogP contribution >= 0.6 is 12.2 Å². The fourth-order valence-corrected chi connectivity index (χ4v) is 4.65. The molecule has 0 amide bonds. The van der Waals surface area contributed by atoms with Crippen molar-refractivity contribution in [3.63, 3.8) is 0 Å².